The van der Waals surface area contributed by atoms with Crippen molar-refractivity contribution in [3.63, 3.8) is 0 Å². The van der Waals surface area contributed by atoms with E-state index < -0.39 is 17.7 Å². The van der Waals surface area contributed by atoms with E-state index in [0.29, 0.717) is 32.1 Å². The molecule has 3 aliphatic heterocycles. The maximum Gasteiger partial charge on any atom is 0.237 e. The van der Waals surface area contributed by atoms with Crippen molar-refractivity contribution in [3.8, 4) is 0 Å². The Balaban J connectivity index is 1.31. The highest BCUT2D eigenvalue weighted by molar-refractivity contribution is 5.88. The van der Waals surface area contributed by atoms with Crippen molar-refractivity contribution in [1.82, 2.24) is 20.0 Å². The average molecular weight is 451 g/mol. The van der Waals surface area contributed by atoms with Gasteiger partial charge in [0.05, 0.1) is 25.7 Å². The molecule has 3 heterocycles. The second-order valence-electron chi connectivity index (χ2n) is 8.93. The Kier molecular flexibility index (Phi) is 7.70. The van der Waals surface area contributed by atoms with E-state index in [-0.39, 0.29) is 30.3 Å². The molecule has 7 nitrogen and oxygen atoms in total. The molecule has 0 aliphatic carbocycles. The van der Waals surface area contributed by atoms with Gasteiger partial charge in [0.2, 0.25) is 11.8 Å². The summed E-state index contributed by atoms with van der Waals surface area (Å²) in [4.78, 5) is 31.6. The van der Waals surface area contributed by atoms with E-state index in [9.17, 15) is 18.4 Å². The van der Waals surface area contributed by atoms with Crippen molar-refractivity contribution in [3.05, 3.63) is 35.4 Å². The number of carbonyl (C=O) groups is 2. The van der Waals surface area contributed by atoms with Gasteiger partial charge in [-0.25, -0.2) is 8.78 Å². The smallest absolute Gasteiger partial charge is 0.237 e. The molecule has 1 N–H and O–H groups in total. The number of ether oxygens (including phenoxy) is 1. The summed E-state index contributed by atoms with van der Waals surface area (Å²) in [6.07, 6.45) is 1.97. The second-order valence-corrected chi connectivity index (χ2v) is 8.93. The summed E-state index contributed by atoms with van der Waals surface area (Å²) < 4.78 is 33.2. The molecule has 1 aromatic carbocycles. The number of nitrogens with zero attached hydrogens (tertiary/aromatic N) is 3. The van der Waals surface area contributed by atoms with Crippen molar-refractivity contribution >= 4 is 11.8 Å². The van der Waals surface area contributed by atoms with Gasteiger partial charge in [-0.3, -0.25) is 19.4 Å². The molecule has 0 unspecified atom stereocenters. The van der Waals surface area contributed by atoms with Crippen LogP contribution >= 0.6 is 0 Å². The number of rotatable bonds is 6. The minimum absolute atomic E-state index is 0.0525. The third kappa shape index (κ3) is 5.63. The molecule has 1 atom stereocenters. The molecule has 0 saturated carbocycles. The van der Waals surface area contributed by atoms with Gasteiger partial charge in [-0.15, -0.1) is 0 Å². The van der Waals surface area contributed by atoms with Gasteiger partial charge in [0.25, 0.3) is 0 Å². The number of hydrogen-bond donors (Lipinski definition) is 1. The van der Waals surface area contributed by atoms with Crippen molar-refractivity contribution in [1.29, 1.82) is 0 Å². The van der Waals surface area contributed by atoms with Crippen LogP contribution in [0.4, 0.5) is 8.78 Å². The number of likely N-dealkylation sites (tertiary alicyclic amines) is 1. The number of morpholine rings is 1. The zero-order valence-corrected chi connectivity index (χ0v) is 18.4. The quantitative estimate of drug-likeness (QED) is 0.706. The number of piperidine rings is 1. The number of amides is 2. The predicted molar refractivity (Wildman–Crippen MR) is 115 cm³/mol. The van der Waals surface area contributed by atoms with Crippen LogP contribution in [0.5, 0.6) is 0 Å². The molecule has 3 aliphatic rings. The summed E-state index contributed by atoms with van der Waals surface area (Å²) >= 11 is 0. The SMILES string of the molecule is O=C1NCCN(Cc2cccc(F)c2F)[C@@H]1CC(=O)N1CCC(CN2CCOCC2)CC1. The fraction of sp³-hybridized carbons (Fsp3) is 0.652. The molecule has 0 aromatic heterocycles. The Morgan fingerprint density at radius 3 is 2.59 bits per heavy atom. The zero-order chi connectivity index (χ0) is 22.5. The van der Waals surface area contributed by atoms with E-state index in [1.165, 1.54) is 12.1 Å². The van der Waals surface area contributed by atoms with Crippen LogP contribution in [0.25, 0.3) is 0 Å². The first-order valence-electron chi connectivity index (χ1n) is 11.5. The van der Waals surface area contributed by atoms with Crippen molar-refractivity contribution in [2.24, 2.45) is 5.92 Å². The van der Waals surface area contributed by atoms with E-state index >= 15 is 0 Å². The summed E-state index contributed by atoms with van der Waals surface area (Å²) in [7, 11) is 0. The topological polar surface area (TPSA) is 65.1 Å². The second kappa shape index (κ2) is 10.7. The maximum atomic E-state index is 14.2. The molecule has 32 heavy (non-hydrogen) atoms. The molecule has 3 fully saturated rings. The van der Waals surface area contributed by atoms with E-state index in [2.05, 4.69) is 10.2 Å². The number of benzene rings is 1. The van der Waals surface area contributed by atoms with Gasteiger partial charge in [0.1, 0.15) is 0 Å². The summed E-state index contributed by atoms with van der Waals surface area (Å²) in [6.45, 7) is 6.96. The van der Waals surface area contributed by atoms with Crippen LogP contribution in [0, 0.1) is 17.6 Å². The lowest BCUT2D eigenvalue weighted by molar-refractivity contribution is -0.140. The monoisotopic (exact) mass is 450 g/mol. The highest BCUT2D eigenvalue weighted by Crippen LogP contribution is 2.22. The number of halogens is 2. The van der Waals surface area contributed by atoms with Crippen molar-refractivity contribution < 1.29 is 23.1 Å². The van der Waals surface area contributed by atoms with Crippen LogP contribution in [-0.4, -0.2) is 91.6 Å². The highest BCUT2D eigenvalue weighted by Gasteiger charge is 2.34. The van der Waals surface area contributed by atoms with Crippen LogP contribution in [0.15, 0.2) is 18.2 Å². The normalized spacial score (nSPS) is 23.9. The zero-order valence-electron chi connectivity index (χ0n) is 18.4. The van der Waals surface area contributed by atoms with Gasteiger partial charge in [-0.2, -0.15) is 0 Å². The largest absolute Gasteiger partial charge is 0.379 e. The Morgan fingerprint density at radius 2 is 1.84 bits per heavy atom. The number of hydrogen-bond acceptors (Lipinski definition) is 5. The summed E-state index contributed by atoms with van der Waals surface area (Å²) in [5.74, 6) is -1.52. The van der Waals surface area contributed by atoms with Crippen LogP contribution in [0.2, 0.25) is 0 Å². The van der Waals surface area contributed by atoms with Crippen molar-refractivity contribution in [2.75, 3.05) is 59.0 Å². The summed E-state index contributed by atoms with van der Waals surface area (Å²) in [6, 6.07) is 3.37. The molecule has 9 heteroatoms. The number of nitrogens with one attached hydrogen (secondary N) is 1. The minimum Gasteiger partial charge on any atom is -0.379 e. The molecule has 3 saturated heterocycles. The van der Waals surface area contributed by atoms with E-state index in [4.69, 9.17) is 4.74 Å². The highest BCUT2D eigenvalue weighted by atomic mass is 19.2. The van der Waals surface area contributed by atoms with Gasteiger partial charge in [0.15, 0.2) is 11.6 Å². The third-order valence-corrected chi connectivity index (χ3v) is 6.80. The Morgan fingerprint density at radius 1 is 1.09 bits per heavy atom. The van der Waals surface area contributed by atoms with Crippen LogP contribution < -0.4 is 5.32 Å². The van der Waals surface area contributed by atoms with Gasteiger partial charge < -0.3 is 15.0 Å². The first-order chi connectivity index (χ1) is 15.5. The van der Waals surface area contributed by atoms with Crippen LogP contribution in [0.1, 0.15) is 24.8 Å². The number of carbonyl (C=O) groups excluding carboxylic acids is 2. The summed E-state index contributed by atoms with van der Waals surface area (Å²) in [5, 5.41) is 2.80. The molecule has 0 radical (unpaired) electrons. The molecule has 1 aromatic rings. The predicted octanol–water partition coefficient (Wildman–Crippen LogP) is 1.23. The lowest BCUT2D eigenvalue weighted by atomic mass is 9.95. The van der Waals surface area contributed by atoms with Crippen LogP contribution in [0.3, 0.4) is 0 Å². The molecular weight excluding hydrogens is 418 g/mol. The molecule has 176 valence electrons. The standard InChI is InChI=1S/C23H32F2N4O3/c24-19-3-1-2-18(22(19)25)16-29-9-6-26-23(31)20(29)14-21(30)28-7-4-17(5-8-28)15-27-10-12-32-13-11-27/h1-3,17,20H,4-16H2,(H,26,31)/t20-/m1/s1. The van der Waals surface area contributed by atoms with Crippen LogP contribution in [-0.2, 0) is 20.9 Å². The first-order valence-corrected chi connectivity index (χ1v) is 11.5. The molecule has 0 spiro atoms. The third-order valence-electron chi connectivity index (χ3n) is 6.80. The Bertz CT molecular complexity index is 810. The molecule has 0 bridgehead atoms. The average Bonchev–Trinajstić information content (AvgIpc) is 2.80. The molecule has 4 rings (SSSR count). The fourth-order valence-corrected chi connectivity index (χ4v) is 4.87. The van der Waals surface area contributed by atoms with Gasteiger partial charge in [-0.1, -0.05) is 12.1 Å². The Hall–Kier alpha value is -2.10. The van der Waals surface area contributed by atoms with Crippen molar-refractivity contribution in [2.45, 2.75) is 31.8 Å². The fourth-order valence-electron chi connectivity index (χ4n) is 4.87. The van der Waals surface area contributed by atoms with E-state index in [0.717, 1.165) is 51.8 Å². The first kappa shape index (κ1) is 23.1. The molecule has 2 amide bonds. The number of piperazine rings is 1. The van der Waals surface area contributed by atoms with E-state index in [1.54, 1.807) is 4.90 Å². The Labute approximate surface area is 187 Å². The minimum atomic E-state index is -0.906. The van der Waals surface area contributed by atoms with Gasteiger partial charge >= 0.3 is 0 Å². The van der Waals surface area contributed by atoms with E-state index in [1.807, 2.05) is 4.90 Å². The lowest BCUT2D eigenvalue weighted by Gasteiger charge is -2.38. The summed E-state index contributed by atoms with van der Waals surface area (Å²) in [5.41, 5.74) is 0.195. The lowest BCUT2D eigenvalue weighted by Crippen LogP contribution is -2.56. The maximum absolute atomic E-state index is 14.2. The molecular formula is C23H32F2N4O3. The van der Waals surface area contributed by atoms with Gasteiger partial charge in [0, 0.05) is 57.9 Å². The van der Waals surface area contributed by atoms with Gasteiger partial charge in [-0.05, 0) is 24.8 Å².